The number of nitrogens with one attached hydrogen (secondary N) is 2. The lowest BCUT2D eigenvalue weighted by Crippen LogP contribution is -1.98. The van der Waals surface area contributed by atoms with Crippen LogP contribution in [0.5, 0.6) is 0 Å². The summed E-state index contributed by atoms with van der Waals surface area (Å²) in [5.41, 5.74) is 9.87. The molecule has 2 N–H and O–H groups in total. The first kappa shape index (κ1) is 21.4. The van der Waals surface area contributed by atoms with Crippen LogP contribution in [-0.4, -0.2) is 13.1 Å². The molecular weight excluding hydrogens is 364 g/mol. The standard InChI is InChI=1S/C28H32N2/c1-21(2)17-19-29-27-13-9-25(10-14-27)23-5-7-24(8-6-23)26-11-15-28(16-12-26)30-20-18-22(3)4/h5-18,29-30H,19-20H2,1-4H3. The summed E-state index contributed by atoms with van der Waals surface area (Å²) in [6, 6.07) is 26.0. The second-order valence-corrected chi connectivity index (χ2v) is 8.06. The minimum atomic E-state index is 0.861. The lowest BCUT2D eigenvalue weighted by Gasteiger charge is -2.09. The van der Waals surface area contributed by atoms with Crippen LogP contribution >= 0.6 is 0 Å². The van der Waals surface area contributed by atoms with Crippen LogP contribution in [0.4, 0.5) is 11.4 Å². The first-order valence-corrected chi connectivity index (χ1v) is 10.6. The molecule has 0 amide bonds. The van der Waals surface area contributed by atoms with Gasteiger partial charge in [-0.1, -0.05) is 71.8 Å². The van der Waals surface area contributed by atoms with Crippen LogP contribution in [0.15, 0.2) is 96.1 Å². The lowest BCUT2D eigenvalue weighted by molar-refractivity contribution is 1.26. The van der Waals surface area contributed by atoms with Gasteiger partial charge in [0.15, 0.2) is 0 Å². The molecule has 0 aliphatic carbocycles. The largest absolute Gasteiger partial charge is 0.382 e. The third-order valence-electron chi connectivity index (χ3n) is 4.95. The molecule has 0 aliphatic rings. The van der Waals surface area contributed by atoms with E-state index in [-0.39, 0.29) is 0 Å². The monoisotopic (exact) mass is 396 g/mol. The Bertz CT molecular complexity index is 900. The Morgan fingerprint density at radius 3 is 1.03 bits per heavy atom. The van der Waals surface area contributed by atoms with Crippen molar-refractivity contribution >= 4 is 11.4 Å². The maximum atomic E-state index is 3.42. The van der Waals surface area contributed by atoms with Crippen LogP contribution in [0.25, 0.3) is 22.3 Å². The van der Waals surface area contributed by atoms with Gasteiger partial charge >= 0.3 is 0 Å². The van der Waals surface area contributed by atoms with E-state index >= 15 is 0 Å². The van der Waals surface area contributed by atoms with Crippen molar-refractivity contribution < 1.29 is 0 Å². The molecule has 3 rings (SSSR count). The summed E-state index contributed by atoms with van der Waals surface area (Å²) < 4.78 is 0. The van der Waals surface area contributed by atoms with Crippen molar-refractivity contribution in [1.29, 1.82) is 0 Å². The van der Waals surface area contributed by atoms with E-state index in [1.54, 1.807) is 0 Å². The van der Waals surface area contributed by atoms with E-state index in [4.69, 9.17) is 0 Å². The maximum Gasteiger partial charge on any atom is 0.0343 e. The summed E-state index contributed by atoms with van der Waals surface area (Å²) in [5, 5.41) is 6.85. The smallest absolute Gasteiger partial charge is 0.0343 e. The molecule has 3 aromatic rings. The van der Waals surface area contributed by atoms with Crippen molar-refractivity contribution in [2.24, 2.45) is 0 Å². The quantitative estimate of drug-likeness (QED) is 0.380. The van der Waals surface area contributed by atoms with Crippen LogP contribution in [0.2, 0.25) is 0 Å². The van der Waals surface area contributed by atoms with Crippen molar-refractivity contribution in [3.05, 3.63) is 96.1 Å². The van der Waals surface area contributed by atoms with Gasteiger partial charge in [-0.3, -0.25) is 0 Å². The van der Waals surface area contributed by atoms with E-state index in [0.29, 0.717) is 0 Å². The number of rotatable bonds is 8. The first-order chi connectivity index (χ1) is 14.5. The highest BCUT2D eigenvalue weighted by atomic mass is 14.9. The van der Waals surface area contributed by atoms with E-state index in [0.717, 1.165) is 24.5 Å². The molecule has 0 saturated heterocycles. The van der Waals surface area contributed by atoms with E-state index in [2.05, 4.69) is 123 Å². The zero-order chi connectivity index (χ0) is 21.3. The molecule has 0 spiro atoms. The minimum absolute atomic E-state index is 0.861. The molecular formula is C28H32N2. The lowest BCUT2D eigenvalue weighted by atomic mass is 10.00. The molecule has 0 saturated carbocycles. The second-order valence-electron chi connectivity index (χ2n) is 8.06. The van der Waals surface area contributed by atoms with Crippen molar-refractivity contribution in [2.45, 2.75) is 27.7 Å². The Morgan fingerprint density at radius 1 is 0.500 bits per heavy atom. The summed E-state index contributed by atoms with van der Waals surface area (Å²) in [5.74, 6) is 0. The van der Waals surface area contributed by atoms with Gasteiger partial charge in [0.05, 0.1) is 0 Å². The Morgan fingerprint density at radius 2 is 0.767 bits per heavy atom. The molecule has 0 aromatic heterocycles. The van der Waals surface area contributed by atoms with Gasteiger partial charge in [0.1, 0.15) is 0 Å². The Labute approximate surface area is 181 Å². The third-order valence-corrected chi connectivity index (χ3v) is 4.95. The topological polar surface area (TPSA) is 24.1 Å². The molecule has 0 unspecified atom stereocenters. The number of hydrogen-bond acceptors (Lipinski definition) is 2. The van der Waals surface area contributed by atoms with Gasteiger partial charge in [0.25, 0.3) is 0 Å². The normalized spacial score (nSPS) is 10.3. The fourth-order valence-electron chi connectivity index (χ4n) is 3.16. The molecule has 0 bridgehead atoms. The van der Waals surface area contributed by atoms with E-state index < -0.39 is 0 Å². The Hall–Kier alpha value is -3.26. The summed E-state index contributed by atoms with van der Waals surface area (Å²) in [6.07, 6.45) is 4.39. The average molecular weight is 397 g/mol. The summed E-state index contributed by atoms with van der Waals surface area (Å²) in [7, 11) is 0. The van der Waals surface area contributed by atoms with Crippen molar-refractivity contribution in [3.8, 4) is 22.3 Å². The molecule has 0 heterocycles. The number of anilines is 2. The fraction of sp³-hybridized carbons (Fsp3) is 0.214. The highest BCUT2D eigenvalue weighted by Gasteiger charge is 2.01. The van der Waals surface area contributed by atoms with Gasteiger partial charge in [-0.15, -0.1) is 0 Å². The van der Waals surface area contributed by atoms with Crippen molar-refractivity contribution in [2.75, 3.05) is 23.7 Å². The maximum absolute atomic E-state index is 3.42. The highest BCUT2D eigenvalue weighted by molar-refractivity contribution is 5.72. The molecule has 2 nitrogen and oxygen atoms in total. The zero-order valence-electron chi connectivity index (χ0n) is 18.5. The number of benzene rings is 3. The number of allylic oxidation sites excluding steroid dienone is 2. The van der Waals surface area contributed by atoms with Gasteiger partial charge in [-0.05, 0) is 74.2 Å². The molecule has 2 heteroatoms. The number of hydrogen-bond donors (Lipinski definition) is 2. The molecule has 0 radical (unpaired) electrons. The molecule has 0 aliphatic heterocycles. The predicted octanol–water partition coefficient (Wildman–Crippen LogP) is 7.78. The molecule has 30 heavy (non-hydrogen) atoms. The van der Waals surface area contributed by atoms with Gasteiger partial charge < -0.3 is 10.6 Å². The van der Waals surface area contributed by atoms with Gasteiger partial charge in [0.2, 0.25) is 0 Å². The highest BCUT2D eigenvalue weighted by Crippen LogP contribution is 2.26. The first-order valence-electron chi connectivity index (χ1n) is 10.6. The predicted molar refractivity (Wildman–Crippen MR) is 133 cm³/mol. The molecule has 3 aromatic carbocycles. The van der Waals surface area contributed by atoms with Crippen molar-refractivity contribution in [3.63, 3.8) is 0 Å². The van der Waals surface area contributed by atoms with Gasteiger partial charge in [-0.25, -0.2) is 0 Å². The van der Waals surface area contributed by atoms with E-state index in [1.807, 2.05) is 0 Å². The average Bonchev–Trinajstić information content (AvgIpc) is 2.74. The molecule has 0 fully saturated rings. The van der Waals surface area contributed by atoms with Crippen molar-refractivity contribution in [1.82, 2.24) is 0 Å². The van der Waals surface area contributed by atoms with Crippen LogP contribution in [0, 0.1) is 0 Å². The summed E-state index contributed by atoms with van der Waals surface area (Å²) in [4.78, 5) is 0. The zero-order valence-corrected chi connectivity index (χ0v) is 18.5. The van der Waals surface area contributed by atoms with Crippen LogP contribution < -0.4 is 10.6 Å². The summed E-state index contributed by atoms with van der Waals surface area (Å²) >= 11 is 0. The molecule has 0 atom stereocenters. The van der Waals surface area contributed by atoms with E-state index in [1.165, 1.54) is 33.4 Å². The minimum Gasteiger partial charge on any atom is -0.382 e. The second kappa shape index (κ2) is 10.5. The SMILES string of the molecule is CC(C)=CCNc1ccc(-c2ccc(-c3ccc(NCC=C(C)C)cc3)cc2)cc1. The van der Waals surface area contributed by atoms with Crippen LogP contribution in [0.1, 0.15) is 27.7 Å². The fourth-order valence-corrected chi connectivity index (χ4v) is 3.16. The van der Waals surface area contributed by atoms with Crippen LogP contribution in [-0.2, 0) is 0 Å². The molecule has 154 valence electrons. The Kier molecular flexibility index (Phi) is 7.51. The van der Waals surface area contributed by atoms with E-state index in [9.17, 15) is 0 Å². The van der Waals surface area contributed by atoms with Gasteiger partial charge in [0, 0.05) is 24.5 Å². The Balaban J connectivity index is 1.63. The third kappa shape index (κ3) is 6.38. The van der Waals surface area contributed by atoms with Crippen LogP contribution in [0.3, 0.4) is 0 Å². The summed E-state index contributed by atoms with van der Waals surface area (Å²) in [6.45, 7) is 10.2. The van der Waals surface area contributed by atoms with Gasteiger partial charge in [-0.2, -0.15) is 0 Å².